The molecule has 0 fully saturated rings. The zero-order valence-corrected chi connectivity index (χ0v) is 23.1. The second kappa shape index (κ2) is 12.3. The van der Waals surface area contributed by atoms with Crippen LogP contribution in [0.5, 0.6) is 23.0 Å². The van der Waals surface area contributed by atoms with Gasteiger partial charge in [0.05, 0.1) is 21.2 Å². The van der Waals surface area contributed by atoms with Gasteiger partial charge in [-0.25, -0.2) is 4.98 Å². The highest BCUT2D eigenvalue weighted by Gasteiger charge is 2.12. The van der Waals surface area contributed by atoms with Crippen molar-refractivity contribution in [1.82, 2.24) is 4.98 Å². The summed E-state index contributed by atoms with van der Waals surface area (Å²) in [5, 5.41) is 22.0. The fraction of sp³-hybridized carbons (Fsp3) is 0. The standard InChI is InChI=1S/C35H23N3O6/c39-37(40)28-12-16-30(17-13-28)43-32-10-4-8-25(20-32)34-22-27(24-6-2-1-3-7-24)23-35(36-34)26-9-5-11-33(21-26)44-31-18-14-29(15-19-31)38(41)42/h1-23H. The van der Waals surface area contributed by atoms with Gasteiger partial charge in [-0.15, -0.1) is 0 Å². The van der Waals surface area contributed by atoms with Crippen LogP contribution in [0, 0.1) is 20.2 Å². The maximum Gasteiger partial charge on any atom is 0.269 e. The van der Waals surface area contributed by atoms with Crippen molar-refractivity contribution in [2.45, 2.75) is 0 Å². The first kappa shape index (κ1) is 27.8. The smallest absolute Gasteiger partial charge is 0.269 e. The van der Waals surface area contributed by atoms with Gasteiger partial charge in [0.25, 0.3) is 11.4 Å². The van der Waals surface area contributed by atoms with E-state index < -0.39 is 9.85 Å². The average molecular weight is 582 g/mol. The summed E-state index contributed by atoms with van der Waals surface area (Å²) in [7, 11) is 0. The second-order valence-electron chi connectivity index (χ2n) is 9.75. The van der Waals surface area contributed by atoms with Crippen molar-refractivity contribution in [3.05, 3.63) is 160 Å². The molecule has 0 saturated heterocycles. The van der Waals surface area contributed by atoms with Crippen molar-refractivity contribution in [3.8, 4) is 56.6 Å². The van der Waals surface area contributed by atoms with Crippen LogP contribution in [-0.4, -0.2) is 14.8 Å². The van der Waals surface area contributed by atoms with Crippen molar-refractivity contribution < 1.29 is 19.3 Å². The summed E-state index contributed by atoms with van der Waals surface area (Å²) in [6.07, 6.45) is 0. The van der Waals surface area contributed by atoms with E-state index in [4.69, 9.17) is 14.5 Å². The van der Waals surface area contributed by atoms with E-state index in [1.165, 1.54) is 24.3 Å². The molecule has 214 valence electrons. The first-order valence-electron chi connectivity index (χ1n) is 13.5. The number of nitro groups is 2. The van der Waals surface area contributed by atoms with Gasteiger partial charge in [-0.1, -0.05) is 54.6 Å². The number of pyridine rings is 1. The molecule has 1 heterocycles. The van der Waals surface area contributed by atoms with E-state index in [0.717, 1.165) is 33.6 Å². The highest BCUT2D eigenvalue weighted by Crippen LogP contribution is 2.34. The van der Waals surface area contributed by atoms with E-state index in [2.05, 4.69) is 0 Å². The van der Waals surface area contributed by atoms with Gasteiger partial charge in [0.1, 0.15) is 23.0 Å². The molecular formula is C35H23N3O6. The number of benzene rings is 5. The van der Waals surface area contributed by atoms with Crippen molar-refractivity contribution in [2.24, 2.45) is 0 Å². The van der Waals surface area contributed by atoms with Gasteiger partial charge in [-0.3, -0.25) is 20.2 Å². The highest BCUT2D eigenvalue weighted by atomic mass is 16.6. The lowest BCUT2D eigenvalue weighted by molar-refractivity contribution is -0.385. The molecule has 44 heavy (non-hydrogen) atoms. The van der Waals surface area contributed by atoms with Gasteiger partial charge in [0.2, 0.25) is 0 Å². The van der Waals surface area contributed by atoms with Gasteiger partial charge < -0.3 is 9.47 Å². The van der Waals surface area contributed by atoms with Crippen molar-refractivity contribution in [2.75, 3.05) is 0 Å². The molecule has 0 atom stereocenters. The topological polar surface area (TPSA) is 118 Å². The molecule has 0 aliphatic carbocycles. The molecule has 0 radical (unpaired) electrons. The molecule has 6 rings (SSSR count). The van der Waals surface area contributed by atoms with Crippen LogP contribution in [0.4, 0.5) is 11.4 Å². The van der Waals surface area contributed by atoms with Gasteiger partial charge >= 0.3 is 0 Å². The average Bonchev–Trinajstić information content (AvgIpc) is 3.06. The zero-order valence-electron chi connectivity index (χ0n) is 23.1. The summed E-state index contributed by atoms with van der Waals surface area (Å²) in [5.41, 5.74) is 5.05. The summed E-state index contributed by atoms with van der Waals surface area (Å²) < 4.78 is 12.0. The molecule has 6 aromatic rings. The molecular weight excluding hydrogens is 558 g/mol. The molecule has 0 amide bonds. The van der Waals surface area contributed by atoms with Gasteiger partial charge in [-0.05, 0) is 71.8 Å². The molecule has 0 aliphatic rings. The van der Waals surface area contributed by atoms with Crippen LogP contribution in [0.3, 0.4) is 0 Å². The Bertz CT molecular complexity index is 1840. The van der Waals surface area contributed by atoms with E-state index in [1.54, 1.807) is 24.3 Å². The third-order valence-electron chi connectivity index (χ3n) is 6.76. The van der Waals surface area contributed by atoms with E-state index in [-0.39, 0.29) is 11.4 Å². The Hall–Kier alpha value is -6.35. The van der Waals surface area contributed by atoms with Gasteiger partial charge in [-0.2, -0.15) is 0 Å². The number of rotatable bonds is 9. The van der Waals surface area contributed by atoms with Crippen LogP contribution in [0.1, 0.15) is 0 Å². The number of aromatic nitrogens is 1. The minimum absolute atomic E-state index is 0.0113. The van der Waals surface area contributed by atoms with E-state index >= 15 is 0 Å². The third kappa shape index (κ3) is 6.42. The Morgan fingerprint density at radius 1 is 0.432 bits per heavy atom. The predicted molar refractivity (Wildman–Crippen MR) is 167 cm³/mol. The van der Waals surface area contributed by atoms with Crippen LogP contribution >= 0.6 is 0 Å². The lowest BCUT2D eigenvalue weighted by Gasteiger charge is -2.13. The molecule has 0 N–H and O–H groups in total. The maximum atomic E-state index is 11.0. The van der Waals surface area contributed by atoms with E-state index in [0.29, 0.717) is 23.0 Å². The SMILES string of the molecule is O=[N+]([O-])c1ccc(Oc2cccc(-c3cc(-c4ccccc4)cc(-c4cccc(Oc5ccc([N+](=O)[O-])cc5)c4)n3)c2)cc1. The Morgan fingerprint density at radius 3 is 1.30 bits per heavy atom. The third-order valence-corrected chi connectivity index (χ3v) is 6.76. The van der Waals surface area contributed by atoms with Crippen molar-refractivity contribution in [1.29, 1.82) is 0 Å². The molecule has 0 bridgehead atoms. The lowest BCUT2D eigenvalue weighted by Crippen LogP contribution is -1.93. The number of hydrogen-bond acceptors (Lipinski definition) is 7. The lowest BCUT2D eigenvalue weighted by atomic mass is 10.00. The van der Waals surface area contributed by atoms with Crippen LogP contribution in [0.15, 0.2) is 140 Å². The van der Waals surface area contributed by atoms with Gasteiger partial charge in [0.15, 0.2) is 0 Å². The molecule has 0 spiro atoms. The van der Waals surface area contributed by atoms with Crippen LogP contribution < -0.4 is 9.47 Å². The van der Waals surface area contributed by atoms with Crippen LogP contribution in [0.2, 0.25) is 0 Å². The van der Waals surface area contributed by atoms with E-state index in [1.807, 2.05) is 91.0 Å². The number of ether oxygens (including phenoxy) is 2. The number of hydrogen-bond donors (Lipinski definition) is 0. The first-order valence-corrected chi connectivity index (χ1v) is 13.5. The van der Waals surface area contributed by atoms with Crippen molar-refractivity contribution in [3.63, 3.8) is 0 Å². The van der Waals surface area contributed by atoms with Crippen LogP contribution in [-0.2, 0) is 0 Å². The largest absolute Gasteiger partial charge is 0.457 e. The Balaban J connectivity index is 1.34. The molecule has 1 aromatic heterocycles. The van der Waals surface area contributed by atoms with Gasteiger partial charge in [0, 0.05) is 35.4 Å². The van der Waals surface area contributed by atoms with E-state index in [9.17, 15) is 20.2 Å². The number of nitrogens with zero attached hydrogens (tertiary/aromatic N) is 3. The normalized spacial score (nSPS) is 10.6. The number of nitro benzene ring substituents is 2. The molecule has 9 nitrogen and oxygen atoms in total. The summed E-state index contributed by atoms with van der Waals surface area (Å²) >= 11 is 0. The summed E-state index contributed by atoms with van der Waals surface area (Å²) in [4.78, 5) is 26.1. The fourth-order valence-electron chi connectivity index (χ4n) is 4.61. The minimum atomic E-state index is -0.453. The predicted octanol–water partition coefficient (Wildman–Crippen LogP) is 9.48. The highest BCUT2D eigenvalue weighted by molar-refractivity contribution is 5.77. The summed E-state index contributed by atoms with van der Waals surface area (Å²) in [6.45, 7) is 0. The molecule has 0 unspecified atom stereocenters. The van der Waals surface area contributed by atoms with Crippen LogP contribution in [0.25, 0.3) is 33.6 Å². The quantitative estimate of drug-likeness (QED) is 0.123. The number of non-ortho nitro benzene ring substituents is 2. The second-order valence-corrected chi connectivity index (χ2v) is 9.75. The fourth-order valence-corrected chi connectivity index (χ4v) is 4.61. The minimum Gasteiger partial charge on any atom is -0.457 e. The Morgan fingerprint density at radius 2 is 0.864 bits per heavy atom. The molecule has 9 heteroatoms. The molecule has 0 aliphatic heterocycles. The first-order chi connectivity index (χ1) is 21.4. The monoisotopic (exact) mass is 581 g/mol. The molecule has 0 saturated carbocycles. The van der Waals surface area contributed by atoms with Crippen molar-refractivity contribution >= 4 is 11.4 Å². The molecule has 5 aromatic carbocycles. The zero-order chi connectivity index (χ0) is 30.5. The maximum absolute atomic E-state index is 11.0. The summed E-state index contributed by atoms with van der Waals surface area (Å²) in [6, 6.07) is 40.8. The summed E-state index contributed by atoms with van der Waals surface area (Å²) in [5.74, 6) is 2.07. The Labute approximate surface area is 251 Å². The Kier molecular flexibility index (Phi) is 7.74.